The predicted molar refractivity (Wildman–Crippen MR) is 64.5 cm³/mol. The third kappa shape index (κ3) is 2.46. The highest BCUT2D eigenvalue weighted by molar-refractivity contribution is 5.39. The number of H-pyrrole nitrogens is 1. The van der Waals surface area contributed by atoms with Gasteiger partial charge in [0.15, 0.2) is 12.4 Å². The highest BCUT2D eigenvalue weighted by Gasteiger charge is 2.02. The van der Waals surface area contributed by atoms with E-state index in [4.69, 9.17) is 4.74 Å². The summed E-state index contributed by atoms with van der Waals surface area (Å²) in [4.78, 5) is 7.41. The fourth-order valence-corrected chi connectivity index (χ4v) is 1.68. The summed E-state index contributed by atoms with van der Waals surface area (Å²) in [5.74, 6) is 0.834. The molecule has 0 saturated heterocycles. The highest BCUT2D eigenvalue weighted by Crippen LogP contribution is 2.10. The lowest BCUT2D eigenvalue weighted by atomic mass is 10.4. The van der Waals surface area contributed by atoms with Gasteiger partial charge < -0.3 is 14.6 Å². The molecule has 0 saturated carbocycles. The Hall–Kier alpha value is -2.40. The molecule has 0 aliphatic heterocycles. The molecule has 0 aliphatic carbocycles. The summed E-state index contributed by atoms with van der Waals surface area (Å²) >= 11 is 0. The molecule has 0 unspecified atom stereocenters. The Kier molecular flexibility index (Phi) is 3.54. The maximum absolute atomic E-state index is 5.63. The number of hydrogen-bond acceptors (Lipinski definition) is 3. The van der Waals surface area contributed by atoms with Gasteiger partial charge in [-0.3, -0.25) is 0 Å². The molecule has 92 valence electrons. The van der Waals surface area contributed by atoms with Crippen molar-refractivity contribution in [1.29, 1.82) is 0 Å². The van der Waals surface area contributed by atoms with Crippen molar-refractivity contribution in [1.82, 2.24) is 9.38 Å². The molecule has 3 heterocycles. The Morgan fingerprint density at radius 1 is 1.17 bits per heavy atom. The fraction of sp³-hybridized carbons (Fsp3) is 0.0769. The Balaban J connectivity index is 0.00000120. The second-order valence-corrected chi connectivity index (χ2v) is 3.72. The number of ether oxygens (including phenoxy) is 1. The average Bonchev–Trinajstić information content (AvgIpc) is 2.80. The van der Waals surface area contributed by atoms with E-state index in [1.807, 2.05) is 59.5 Å². The predicted octanol–water partition coefficient (Wildman–Crippen LogP) is 1.55. The minimum absolute atomic E-state index is 0. The van der Waals surface area contributed by atoms with Crippen LogP contribution in [0.3, 0.4) is 0 Å². The van der Waals surface area contributed by atoms with Gasteiger partial charge in [0.2, 0.25) is 0 Å². The summed E-state index contributed by atoms with van der Waals surface area (Å²) in [6, 6.07) is 9.69. The number of hydrogen-bond donors (Lipinski definition) is 0. The molecule has 3 rings (SSSR count). The zero-order chi connectivity index (χ0) is 11.5. The molecule has 0 aromatic carbocycles. The first kappa shape index (κ1) is 12.1. The average molecular weight is 243 g/mol. The molecule has 0 aliphatic rings. The summed E-state index contributed by atoms with van der Waals surface area (Å²) < 4.78 is 7.61. The van der Waals surface area contributed by atoms with Gasteiger partial charge in [0.05, 0.1) is 5.69 Å². The number of aromatic amines is 1. The number of nitrogens with zero attached hydrogens (tertiary/aromatic N) is 2. The Labute approximate surface area is 104 Å². The van der Waals surface area contributed by atoms with Crippen LogP contribution in [0.2, 0.25) is 0 Å². The Morgan fingerprint density at radius 3 is 2.78 bits per heavy atom. The molecule has 18 heavy (non-hydrogen) atoms. The lowest BCUT2D eigenvalue weighted by Crippen LogP contribution is -2.00. The highest BCUT2D eigenvalue weighted by atomic mass is 16.5. The molecule has 3 aromatic rings. The lowest BCUT2D eigenvalue weighted by Gasteiger charge is -2.00. The van der Waals surface area contributed by atoms with Crippen molar-refractivity contribution < 1.29 is 15.2 Å². The van der Waals surface area contributed by atoms with Crippen molar-refractivity contribution in [2.24, 2.45) is 0 Å². The van der Waals surface area contributed by atoms with Crippen molar-refractivity contribution in [3.05, 3.63) is 60.8 Å². The molecule has 0 atom stereocenters. The van der Waals surface area contributed by atoms with Crippen LogP contribution >= 0.6 is 0 Å². The SMILES string of the molecule is [OH-].c1ccn2cc(COc3cc[nH+]cc3)nc2c1. The van der Waals surface area contributed by atoms with Crippen LogP contribution in [0, 0.1) is 0 Å². The lowest BCUT2D eigenvalue weighted by molar-refractivity contribution is -0.378. The smallest absolute Gasteiger partial charge is 0.170 e. The summed E-state index contributed by atoms with van der Waals surface area (Å²) in [7, 11) is 0. The van der Waals surface area contributed by atoms with Gasteiger partial charge in [-0.2, -0.15) is 0 Å². The zero-order valence-electron chi connectivity index (χ0n) is 9.65. The van der Waals surface area contributed by atoms with Crippen LogP contribution in [0.15, 0.2) is 55.1 Å². The van der Waals surface area contributed by atoms with E-state index in [0.29, 0.717) is 6.61 Å². The van der Waals surface area contributed by atoms with E-state index >= 15 is 0 Å². The Morgan fingerprint density at radius 2 is 2.00 bits per heavy atom. The van der Waals surface area contributed by atoms with Gasteiger partial charge in [-0.05, 0) is 12.1 Å². The largest absolute Gasteiger partial charge is 0.870 e. The molecule has 2 N–H and O–H groups in total. The monoisotopic (exact) mass is 243 g/mol. The van der Waals surface area contributed by atoms with Crippen LogP contribution in [0.4, 0.5) is 0 Å². The van der Waals surface area contributed by atoms with Crippen LogP contribution in [-0.2, 0) is 6.61 Å². The summed E-state index contributed by atoms with van der Waals surface area (Å²) in [5, 5.41) is 0. The minimum Gasteiger partial charge on any atom is -0.870 e. The van der Waals surface area contributed by atoms with E-state index in [1.165, 1.54) is 0 Å². The van der Waals surface area contributed by atoms with E-state index < -0.39 is 0 Å². The number of rotatable bonds is 3. The molecule has 0 spiro atoms. The molecule has 0 bridgehead atoms. The van der Waals surface area contributed by atoms with Crippen LogP contribution < -0.4 is 9.72 Å². The zero-order valence-corrected chi connectivity index (χ0v) is 9.65. The van der Waals surface area contributed by atoms with Gasteiger partial charge in [0.25, 0.3) is 0 Å². The Bertz CT molecular complexity index is 589. The van der Waals surface area contributed by atoms with Gasteiger partial charge in [-0.25, -0.2) is 9.97 Å². The minimum atomic E-state index is 0. The summed E-state index contributed by atoms with van der Waals surface area (Å²) in [6.07, 6.45) is 7.62. The van der Waals surface area contributed by atoms with E-state index in [-0.39, 0.29) is 5.48 Å². The number of nitrogens with one attached hydrogen (secondary N) is 1. The van der Waals surface area contributed by atoms with Crippen molar-refractivity contribution in [2.75, 3.05) is 0 Å². The number of imidazole rings is 1. The number of pyridine rings is 2. The van der Waals surface area contributed by atoms with Crippen LogP contribution in [-0.4, -0.2) is 14.9 Å². The maximum atomic E-state index is 5.63. The maximum Gasteiger partial charge on any atom is 0.170 e. The third-order valence-corrected chi connectivity index (χ3v) is 2.49. The first-order valence-corrected chi connectivity index (χ1v) is 5.43. The quantitative estimate of drug-likeness (QED) is 0.700. The molecule has 5 nitrogen and oxygen atoms in total. The van der Waals surface area contributed by atoms with Crippen molar-refractivity contribution in [3.63, 3.8) is 0 Å². The van der Waals surface area contributed by atoms with Gasteiger partial charge in [-0.1, -0.05) is 6.07 Å². The van der Waals surface area contributed by atoms with E-state index in [2.05, 4.69) is 9.97 Å². The second kappa shape index (κ2) is 5.29. The molecule has 0 amide bonds. The number of aromatic nitrogens is 3. The summed E-state index contributed by atoms with van der Waals surface area (Å²) in [5.41, 5.74) is 1.86. The molecular weight excluding hydrogens is 230 g/mol. The topological polar surface area (TPSA) is 70.7 Å². The van der Waals surface area contributed by atoms with Crippen LogP contribution in [0.1, 0.15) is 5.69 Å². The summed E-state index contributed by atoms with van der Waals surface area (Å²) in [6.45, 7) is 0.478. The first-order valence-electron chi connectivity index (χ1n) is 5.43. The van der Waals surface area contributed by atoms with E-state index in [0.717, 1.165) is 17.1 Å². The molecule has 0 fully saturated rings. The van der Waals surface area contributed by atoms with Gasteiger partial charge in [0, 0.05) is 24.5 Å². The molecular formula is C13H13N3O2. The normalized spacial score (nSPS) is 10.0. The van der Waals surface area contributed by atoms with Crippen molar-refractivity contribution >= 4 is 5.65 Å². The van der Waals surface area contributed by atoms with Crippen molar-refractivity contribution in [2.45, 2.75) is 6.61 Å². The van der Waals surface area contributed by atoms with Crippen LogP contribution in [0.25, 0.3) is 5.65 Å². The second-order valence-electron chi connectivity index (χ2n) is 3.72. The van der Waals surface area contributed by atoms with E-state index in [1.54, 1.807) is 0 Å². The third-order valence-electron chi connectivity index (χ3n) is 2.49. The van der Waals surface area contributed by atoms with E-state index in [9.17, 15) is 0 Å². The standard InChI is InChI=1S/C13H11N3O.H2O/c1-2-8-16-9-11(15-13(16)3-1)10-17-12-4-6-14-7-5-12;/h1-9H,10H2;1H2. The van der Waals surface area contributed by atoms with Gasteiger partial charge in [0.1, 0.15) is 18.0 Å². The van der Waals surface area contributed by atoms with Gasteiger partial charge >= 0.3 is 0 Å². The first-order chi connectivity index (χ1) is 8.42. The van der Waals surface area contributed by atoms with Crippen molar-refractivity contribution in [3.8, 4) is 5.75 Å². The molecule has 3 aromatic heterocycles. The molecule has 5 heteroatoms. The molecule has 0 radical (unpaired) electrons. The fourth-order valence-electron chi connectivity index (χ4n) is 1.68. The van der Waals surface area contributed by atoms with Gasteiger partial charge in [-0.15, -0.1) is 0 Å². The number of fused-ring (bicyclic) bond motifs is 1. The van der Waals surface area contributed by atoms with Crippen LogP contribution in [0.5, 0.6) is 5.75 Å².